The third-order valence-corrected chi connectivity index (χ3v) is 2.62. The fourth-order valence-electron chi connectivity index (χ4n) is 1.62. The smallest absolute Gasteiger partial charge is 0.333 e. The van der Waals surface area contributed by atoms with Crippen molar-refractivity contribution in [1.82, 2.24) is 5.32 Å². The van der Waals surface area contributed by atoms with Crippen molar-refractivity contribution in [3.05, 3.63) is 48.0 Å². The van der Waals surface area contributed by atoms with Crippen LogP contribution >= 0.6 is 0 Å². The summed E-state index contributed by atoms with van der Waals surface area (Å²) in [5.41, 5.74) is 1.18. The van der Waals surface area contributed by atoms with Crippen molar-refractivity contribution in [3.8, 4) is 0 Å². The van der Waals surface area contributed by atoms with E-state index in [-0.39, 0.29) is 30.5 Å². The lowest BCUT2D eigenvalue weighted by Crippen LogP contribution is -2.27. The number of benzene rings is 1. The molecule has 0 radical (unpaired) electrons. The predicted octanol–water partition coefficient (Wildman–Crippen LogP) is 2.37. The van der Waals surface area contributed by atoms with Gasteiger partial charge >= 0.3 is 5.97 Å². The van der Waals surface area contributed by atoms with Gasteiger partial charge in [-0.05, 0) is 19.4 Å². The summed E-state index contributed by atoms with van der Waals surface area (Å²) in [6.07, 6.45) is -0.0456. The zero-order valence-corrected chi connectivity index (χ0v) is 11.3. The SMILES string of the molecule is C=C(CC(=O)N[C@@H](C)c1ccccc1)C(=O)OCC. The lowest BCUT2D eigenvalue weighted by molar-refractivity contribution is -0.139. The van der Waals surface area contributed by atoms with Gasteiger partial charge in [0.15, 0.2) is 0 Å². The second-order valence-corrected chi connectivity index (χ2v) is 4.20. The summed E-state index contributed by atoms with van der Waals surface area (Å²) < 4.78 is 4.78. The van der Waals surface area contributed by atoms with Gasteiger partial charge in [0.1, 0.15) is 0 Å². The maximum Gasteiger partial charge on any atom is 0.333 e. The van der Waals surface area contributed by atoms with E-state index in [0.717, 1.165) is 5.56 Å². The minimum atomic E-state index is -0.523. The van der Waals surface area contributed by atoms with E-state index in [1.54, 1.807) is 6.92 Å². The zero-order valence-electron chi connectivity index (χ0n) is 11.3. The number of amides is 1. The van der Waals surface area contributed by atoms with E-state index in [4.69, 9.17) is 4.74 Å². The Balaban J connectivity index is 2.47. The van der Waals surface area contributed by atoms with Gasteiger partial charge in [-0.3, -0.25) is 4.79 Å². The Bertz CT molecular complexity index is 454. The molecule has 0 bridgehead atoms. The number of esters is 1. The van der Waals surface area contributed by atoms with Crippen LogP contribution in [-0.4, -0.2) is 18.5 Å². The monoisotopic (exact) mass is 261 g/mol. The van der Waals surface area contributed by atoms with Crippen LogP contribution < -0.4 is 5.32 Å². The molecule has 0 heterocycles. The van der Waals surface area contributed by atoms with Gasteiger partial charge in [0.25, 0.3) is 0 Å². The first-order valence-electron chi connectivity index (χ1n) is 6.23. The molecule has 0 unspecified atom stereocenters. The van der Waals surface area contributed by atoms with Crippen molar-refractivity contribution >= 4 is 11.9 Å². The number of hydrogen-bond acceptors (Lipinski definition) is 3. The van der Waals surface area contributed by atoms with E-state index < -0.39 is 5.97 Å². The molecule has 0 saturated carbocycles. The summed E-state index contributed by atoms with van der Waals surface area (Å²) in [6, 6.07) is 9.51. The van der Waals surface area contributed by atoms with Crippen LogP contribution in [0.1, 0.15) is 31.9 Å². The van der Waals surface area contributed by atoms with Gasteiger partial charge in [-0.1, -0.05) is 36.9 Å². The number of nitrogens with one attached hydrogen (secondary N) is 1. The molecule has 0 spiro atoms. The first-order chi connectivity index (χ1) is 9.04. The highest BCUT2D eigenvalue weighted by molar-refractivity contribution is 5.94. The molecule has 19 heavy (non-hydrogen) atoms. The number of carbonyl (C=O) groups excluding carboxylic acids is 2. The van der Waals surface area contributed by atoms with E-state index >= 15 is 0 Å². The second-order valence-electron chi connectivity index (χ2n) is 4.20. The Morgan fingerprint density at radius 3 is 2.53 bits per heavy atom. The van der Waals surface area contributed by atoms with Crippen LogP contribution in [0.15, 0.2) is 42.5 Å². The average Bonchev–Trinajstić information content (AvgIpc) is 2.39. The van der Waals surface area contributed by atoms with E-state index in [1.165, 1.54) is 0 Å². The van der Waals surface area contributed by atoms with Crippen LogP contribution in [0, 0.1) is 0 Å². The molecule has 0 aromatic heterocycles. The number of ether oxygens (including phenoxy) is 1. The fourth-order valence-corrected chi connectivity index (χ4v) is 1.62. The Kier molecular flexibility index (Phi) is 5.79. The summed E-state index contributed by atoms with van der Waals surface area (Å²) in [5, 5.41) is 2.82. The van der Waals surface area contributed by atoms with Crippen LogP contribution in [-0.2, 0) is 14.3 Å². The molecular weight excluding hydrogens is 242 g/mol. The molecule has 4 heteroatoms. The summed E-state index contributed by atoms with van der Waals surface area (Å²) in [6.45, 7) is 7.44. The van der Waals surface area contributed by atoms with Crippen LogP contribution in [0.4, 0.5) is 0 Å². The lowest BCUT2D eigenvalue weighted by Gasteiger charge is -2.14. The molecule has 1 atom stereocenters. The summed E-state index contributed by atoms with van der Waals surface area (Å²) in [7, 11) is 0. The van der Waals surface area contributed by atoms with Gasteiger partial charge < -0.3 is 10.1 Å². The highest BCUT2D eigenvalue weighted by atomic mass is 16.5. The largest absolute Gasteiger partial charge is 0.463 e. The van der Waals surface area contributed by atoms with Crippen molar-refractivity contribution in [2.24, 2.45) is 0 Å². The van der Waals surface area contributed by atoms with Crippen LogP contribution in [0.25, 0.3) is 0 Å². The molecule has 1 N–H and O–H groups in total. The number of carbonyl (C=O) groups is 2. The molecular formula is C15H19NO3. The van der Waals surface area contributed by atoms with Crippen LogP contribution in [0.2, 0.25) is 0 Å². The first-order valence-corrected chi connectivity index (χ1v) is 6.23. The van der Waals surface area contributed by atoms with Crippen molar-refractivity contribution in [1.29, 1.82) is 0 Å². The standard InChI is InChI=1S/C15H19NO3/c1-4-19-15(18)11(2)10-14(17)16-12(3)13-8-6-5-7-9-13/h5-9,12H,2,4,10H2,1,3H3,(H,16,17)/t12-/m0/s1. The Morgan fingerprint density at radius 1 is 1.32 bits per heavy atom. The summed E-state index contributed by atoms with van der Waals surface area (Å²) in [4.78, 5) is 23.1. The number of hydrogen-bond donors (Lipinski definition) is 1. The Morgan fingerprint density at radius 2 is 1.95 bits per heavy atom. The lowest BCUT2D eigenvalue weighted by atomic mass is 10.1. The van der Waals surface area contributed by atoms with E-state index in [9.17, 15) is 9.59 Å². The third-order valence-electron chi connectivity index (χ3n) is 2.62. The fraction of sp³-hybridized carbons (Fsp3) is 0.333. The van der Waals surface area contributed by atoms with Crippen molar-refractivity contribution in [2.45, 2.75) is 26.3 Å². The minimum Gasteiger partial charge on any atom is -0.463 e. The molecule has 0 aliphatic rings. The normalized spacial score (nSPS) is 11.5. The van der Waals surface area contributed by atoms with E-state index in [0.29, 0.717) is 0 Å². The molecule has 1 aromatic carbocycles. The highest BCUT2D eigenvalue weighted by Crippen LogP contribution is 2.12. The molecule has 0 fully saturated rings. The minimum absolute atomic E-state index is 0.0456. The van der Waals surface area contributed by atoms with Gasteiger partial charge in [-0.2, -0.15) is 0 Å². The summed E-state index contributed by atoms with van der Waals surface area (Å²) >= 11 is 0. The molecule has 102 valence electrons. The topological polar surface area (TPSA) is 55.4 Å². The zero-order chi connectivity index (χ0) is 14.3. The Labute approximate surface area is 113 Å². The molecule has 4 nitrogen and oxygen atoms in total. The quantitative estimate of drug-likeness (QED) is 0.632. The summed E-state index contributed by atoms with van der Waals surface area (Å²) in [5.74, 6) is -0.764. The maximum atomic E-state index is 11.8. The molecule has 0 aliphatic heterocycles. The average molecular weight is 261 g/mol. The maximum absolute atomic E-state index is 11.8. The third kappa shape index (κ3) is 4.95. The van der Waals surface area contributed by atoms with Gasteiger partial charge in [0.05, 0.1) is 19.1 Å². The van der Waals surface area contributed by atoms with Gasteiger partial charge in [-0.15, -0.1) is 0 Å². The van der Waals surface area contributed by atoms with Gasteiger partial charge in [0.2, 0.25) is 5.91 Å². The van der Waals surface area contributed by atoms with Crippen molar-refractivity contribution < 1.29 is 14.3 Å². The molecule has 0 saturated heterocycles. The molecule has 1 rings (SSSR count). The second kappa shape index (κ2) is 7.36. The Hall–Kier alpha value is -2.10. The van der Waals surface area contributed by atoms with Crippen molar-refractivity contribution in [2.75, 3.05) is 6.61 Å². The van der Waals surface area contributed by atoms with Crippen molar-refractivity contribution in [3.63, 3.8) is 0 Å². The van der Waals surface area contributed by atoms with Gasteiger partial charge in [-0.25, -0.2) is 4.79 Å². The van der Waals surface area contributed by atoms with Crippen LogP contribution in [0.3, 0.4) is 0 Å². The molecule has 1 amide bonds. The highest BCUT2D eigenvalue weighted by Gasteiger charge is 2.14. The van der Waals surface area contributed by atoms with E-state index in [1.807, 2.05) is 37.3 Å². The first kappa shape index (κ1) is 15.0. The number of rotatable bonds is 6. The predicted molar refractivity (Wildman–Crippen MR) is 73.4 cm³/mol. The van der Waals surface area contributed by atoms with Crippen LogP contribution in [0.5, 0.6) is 0 Å². The molecule has 0 aliphatic carbocycles. The van der Waals surface area contributed by atoms with Gasteiger partial charge in [0, 0.05) is 5.57 Å². The van der Waals surface area contributed by atoms with E-state index in [2.05, 4.69) is 11.9 Å². The molecule has 1 aromatic rings.